The van der Waals surface area contributed by atoms with E-state index in [0.717, 1.165) is 5.92 Å². The van der Waals surface area contributed by atoms with Crippen LogP contribution in [0.5, 0.6) is 0 Å². The zero-order chi connectivity index (χ0) is 11.6. The molecule has 0 nitrogen and oxygen atoms in total. The Labute approximate surface area is 99.8 Å². The van der Waals surface area contributed by atoms with E-state index in [1.165, 1.54) is 25.7 Å². The van der Waals surface area contributed by atoms with Crippen LogP contribution in [-0.4, -0.2) is 0 Å². The van der Waals surface area contributed by atoms with E-state index in [2.05, 4.69) is 45.9 Å². The van der Waals surface area contributed by atoms with Crippen molar-refractivity contribution in [3.8, 4) is 0 Å². The normalized spacial score (nSPS) is 42.8. The number of hydrogen-bond donors (Lipinski definition) is 0. The molecule has 0 heteroatoms. The number of rotatable bonds is 0. The van der Waals surface area contributed by atoms with Crippen LogP contribution >= 0.6 is 0 Å². The first-order chi connectivity index (χ1) is 7.33. The Bertz CT molecular complexity index is 381. The first kappa shape index (κ1) is 10.6. The summed E-state index contributed by atoms with van der Waals surface area (Å²) in [5, 5.41) is 0. The lowest BCUT2D eigenvalue weighted by atomic mass is 9.63. The van der Waals surface area contributed by atoms with Crippen LogP contribution in [0.3, 0.4) is 0 Å². The van der Waals surface area contributed by atoms with Crippen molar-refractivity contribution in [2.75, 3.05) is 0 Å². The van der Waals surface area contributed by atoms with E-state index in [4.69, 9.17) is 0 Å². The molecule has 1 spiro atoms. The smallest absolute Gasteiger partial charge is 0.00386 e. The van der Waals surface area contributed by atoms with Crippen LogP contribution in [0, 0.1) is 22.2 Å². The summed E-state index contributed by atoms with van der Waals surface area (Å²) in [5.41, 5.74) is 3.15. The molecule has 3 aliphatic rings. The molecular weight excluding hydrogens is 192 g/mol. The van der Waals surface area contributed by atoms with Crippen LogP contribution in [0.2, 0.25) is 0 Å². The minimum absolute atomic E-state index is 0.421. The van der Waals surface area contributed by atoms with Crippen molar-refractivity contribution in [2.24, 2.45) is 22.2 Å². The second kappa shape index (κ2) is 2.83. The lowest BCUT2D eigenvalue weighted by Gasteiger charge is -2.42. The molecule has 1 fully saturated rings. The highest BCUT2D eigenvalue weighted by Crippen LogP contribution is 2.64. The minimum Gasteiger partial charge on any atom is -0.0806 e. The summed E-state index contributed by atoms with van der Waals surface area (Å²) >= 11 is 0. The molecule has 0 saturated heterocycles. The van der Waals surface area contributed by atoms with Gasteiger partial charge in [-0.15, -0.1) is 0 Å². The van der Waals surface area contributed by atoms with E-state index in [0.29, 0.717) is 16.2 Å². The lowest BCUT2D eigenvalue weighted by molar-refractivity contribution is 0.226. The van der Waals surface area contributed by atoms with Crippen LogP contribution < -0.4 is 0 Å². The Kier molecular flexibility index (Phi) is 1.88. The molecule has 3 rings (SSSR count). The van der Waals surface area contributed by atoms with Crippen molar-refractivity contribution >= 4 is 0 Å². The van der Waals surface area contributed by atoms with Crippen molar-refractivity contribution in [3.05, 3.63) is 23.8 Å². The molecule has 0 aromatic heterocycles. The van der Waals surface area contributed by atoms with Crippen LogP contribution in [0.4, 0.5) is 0 Å². The lowest BCUT2D eigenvalue weighted by Crippen LogP contribution is -2.29. The van der Waals surface area contributed by atoms with Crippen molar-refractivity contribution in [3.63, 3.8) is 0 Å². The van der Waals surface area contributed by atoms with Gasteiger partial charge in [0.2, 0.25) is 0 Å². The van der Waals surface area contributed by atoms with E-state index in [9.17, 15) is 0 Å². The Balaban J connectivity index is 2.07. The first-order valence-electron chi connectivity index (χ1n) is 6.75. The summed E-state index contributed by atoms with van der Waals surface area (Å²) in [7, 11) is 0. The van der Waals surface area contributed by atoms with E-state index in [1.54, 1.807) is 5.57 Å². The SMILES string of the molecule is CC1(C)C=C2C=CC3CC2(CC1)CC3(C)C. The van der Waals surface area contributed by atoms with Gasteiger partial charge in [-0.3, -0.25) is 0 Å². The Morgan fingerprint density at radius 1 is 1.12 bits per heavy atom. The van der Waals surface area contributed by atoms with Crippen LogP contribution in [-0.2, 0) is 0 Å². The fourth-order valence-corrected chi connectivity index (χ4v) is 4.31. The fraction of sp³-hybridized carbons (Fsp3) is 0.750. The highest BCUT2D eigenvalue weighted by Gasteiger charge is 2.53. The standard InChI is InChI=1S/C16H24/c1-14(2)7-8-16-10-12(15(3,4)11-16)5-6-13(16)9-14/h5-6,9,12H,7-8,10-11H2,1-4H3. The van der Waals surface area contributed by atoms with Gasteiger partial charge in [0, 0.05) is 0 Å². The monoisotopic (exact) mass is 216 g/mol. The molecule has 0 aliphatic heterocycles. The third-order valence-electron chi connectivity index (χ3n) is 5.32. The van der Waals surface area contributed by atoms with E-state index >= 15 is 0 Å². The molecule has 3 aliphatic carbocycles. The van der Waals surface area contributed by atoms with Gasteiger partial charge in [0.15, 0.2) is 0 Å². The molecule has 2 atom stereocenters. The molecule has 0 aromatic carbocycles. The van der Waals surface area contributed by atoms with Gasteiger partial charge in [-0.2, -0.15) is 0 Å². The number of fused-ring (bicyclic) bond motifs is 1. The Hall–Kier alpha value is -0.520. The molecular formula is C16H24. The van der Waals surface area contributed by atoms with E-state index < -0.39 is 0 Å². The van der Waals surface area contributed by atoms with Gasteiger partial charge in [-0.1, -0.05) is 45.9 Å². The summed E-state index contributed by atoms with van der Waals surface area (Å²) in [6.45, 7) is 9.68. The zero-order valence-corrected chi connectivity index (χ0v) is 11.1. The zero-order valence-electron chi connectivity index (χ0n) is 11.1. The van der Waals surface area contributed by atoms with Gasteiger partial charge in [0.25, 0.3) is 0 Å². The van der Waals surface area contributed by atoms with E-state index in [-0.39, 0.29) is 0 Å². The summed E-state index contributed by atoms with van der Waals surface area (Å²) in [4.78, 5) is 0. The molecule has 2 bridgehead atoms. The van der Waals surface area contributed by atoms with Gasteiger partial charge in [-0.25, -0.2) is 0 Å². The maximum atomic E-state index is 2.56. The molecule has 2 unspecified atom stereocenters. The molecule has 88 valence electrons. The Morgan fingerprint density at radius 2 is 1.88 bits per heavy atom. The maximum absolute atomic E-state index is 2.56. The van der Waals surface area contributed by atoms with Crippen LogP contribution in [0.1, 0.15) is 53.4 Å². The maximum Gasteiger partial charge on any atom is -0.00386 e. The average molecular weight is 216 g/mol. The predicted octanol–water partition coefficient (Wildman–Crippen LogP) is 4.73. The highest BCUT2D eigenvalue weighted by molar-refractivity contribution is 5.38. The first-order valence-corrected chi connectivity index (χ1v) is 6.75. The summed E-state index contributed by atoms with van der Waals surface area (Å²) in [6.07, 6.45) is 13.1. The molecule has 0 aromatic rings. The average Bonchev–Trinajstić information content (AvgIpc) is 2.36. The van der Waals surface area contributed by atoms with Gasteiger partial charge >= 0.3 is 0 Å². The molecule has 0 heterocycles. The van der Waals surface area contributed by atoms with Gasteiger partial charge in [0.05, 0.1) is 0 Å². The van der Waals surface area contributed by atoms with Crippen molar-refractivity contribution in [2.45, 2.75) is 53.4 Å². The largest absolute Gasteiger partial charge is 0.0806 e. The molecule has 0 amide bonds. The van der Waals surface area contributed by atoms with Gasteiger partial charge < -0.3 is 0 Å². The van der Waals surface area contributed by atoms with Crippen molar-refractivity contribution in [1.29, 1.82) is 0 Å². The van der Waals surface area contributed by atoms with E-state index in [1.807, 2.05) is 0 Å². The highest BCUT2D eigenvalue weighted by atomic mass is 14.6. The second-order valence-corrected chi connectivity index (χ2v) is 7.70. The quantitative estimate of drug-likeness (QED) is 0.549. The third-order valence-corrected chi connectivity index (χ3v) is 5.32. The molecule has 1 saturated carbocycles. The second-order valence-electron chi connectivity index (χ2n) is 7.70. The Morgan fingerprint density at radius 3 is 2.62 bits per heavy atom. The topological polar surface area (TPSA) is 0 Å². The summed E-state index contributed by atoms with van der Waals surface area (Å²) in [5.74, 6) is 0.825. The fourth-order valence-electron chi connectivity index (χ4n) is 4.31. The van der Waals surface area contributed by atoms with Gasteiger partial charge in [-0.05, 0) is 53.4 Å². The number of hydrogen-bond acceptors (Lipinski definition) is 0. The summed E-state index contributed by atoms with van der Waals surface area (Å²) in [6, 6.07) is 0. The molecule has 0 N–H and O–H groups in total. The van der Waals surface area contributed by atoms with Gasteiger partial charge in [0.1, 0.15) is 0 Å². The van der Waals surface area contributed by atoms with Crippen LogP contribution in [0.25, 0.3) is 0 Å². The number of allylic oxidation sites excluding steroid dienone is 4. The molecule has 16 heavy (non-hydrogen) atoms. The predicted molar refractivity (Wildman–Crippen MR) is 69.2 cm³/mol. The minimum atomic E-state index is 0.421. The third kappa shape index (κ3) is 1.35. The molecule has 0 radical (unpaired) electrons. The van der Waals surface area contributed by atoms with Crippen molar-refractivity contribution in [1.82, 2.24) is 0 Å². The summed E-state index contributed by atoms with van der Waals surface area (Å²) < 4.78 is 0. The van der Waals surface area contributed by atoms with Crippen LogP contribution in [0.15, 0.2) is 23.8 Å². The van der Waals surface area contributed by atoms with Crippen molar-refractivity contribution < 1.29 is 0 Å².